The van der Waals surface area contributed by atoms with Gasteiger partial charge < -0.3 is 5.32 Å². The van der Waals surface area contributed by atoms with Crippen LogP contribution in [0.2, 0.25) is 5.02 Å². The Morgan fingerprint density at radius 2 is 1.64 bits per heavy atom. The summed E-state index contributed by atoms with van der Waals surface area (Å²) < 4.78 is 27.9. The van der Waals surface area contributed by atoms with Gasteiger partial charge in [0.05, 0.1) is 5.02 Å². The van der Waals surface area contributed by atoms with Crippen LogP contribution in [0.15, 0.2) is 71.6 Å². The lowest BCUT2D eigenvalue weighted by molar-refractivity contribution is 0.102. The van der Waals surface area contributed by atoms with E-state index < -0.39 is 15.9 Å². The molecule has 0 aromatic heterocycles. The number of halogens is 1. The molecule has 0 bridgehead atoms. The normalized spacial score (nSPS) is 11.1. The van der Waals surface area contributed by atoms with Gasteiger partial charge in [0.15, 0.2) is 0 Å². The molecule has 0 atom stereocenters. The van der Waals surface area contributed by atoms with Gasteiger partial charge in [0.2, 0.25) is 0 Å². The molecule has 0 aliphatic carbocycles. The van der Waals surface area contributed by atoms with Crippen molar-refractivity contribution in [2.45, 2.75) is 18.7 Å². The fourth-order valence-corrected chi connectivity index (χ4v) is 4.22. The molecule has 0 saturated carbocycles. The van der Waals surface area contributed by atoms with Gasteiger partial charge in [-0.05, 0) is 61.4 Å². The zero-order valence-electron chi connectivity index (χ0n) is 15.4. The molecule has 0 aliphatic heterocycles. The lowest BCUT2D eigenvalue weighted by Gasteiger charge is -2.12. The van der Waals surface area contributed by atoms with E-state index in [2.05, 4.69) is 10.0 Å². The number of hydrogen-bond donors (Lipinski definition) is 2. The zero-order valence-corrected chi connectivity index (χ0v) is 16.9. The summed E-state index contributed by atoms with van der Waals surface area (Å²) in [5.74, 6) is -0.415. The largest absolute Gasteiger partial charge is 0.322 e. The van der Waals surface area contributed by atoms with E-state index in [9.17, 15) is 13.2 Å². The van der Waals surface area contributed by atoms with Crippen LogP contribution in [0, 0.1) is 13.8 Å². The summed E-state index contributed by atoms with van der Waals surface area (Å²) in [6.45, 7) is 3.81. The van der Waals surface area contributed by atoms with Crippen molar-refractivity contribution in [2.75, 3.05) is 10.0 Å². The van der Waals surface area contributed by atoms with Crippen molar-refractivity contribution in [3.63, 3.8) is 0 Å². The highest BCUT2D eigenvalue weighted by molar-refractivity contribution is 7.92. The summed E-state index contributed by atoms with van der Waals surface area (Å²) >= 11 is 6.11. The third-order valence-corrected chi connectivity index (χ3v) is 6.01. The number of benzene rings is 3. The van der Waals surface area contributed by atoms with E-state index in [0.29, 0.717) is 11.4 Å². The van der Waals surface area contributed by atoms with E-state index in [1.54, 1.807) is 30.3 Å². The second kappa shape index (κ2) is 8.04. The van der Waals surface area contributed by atoms with Gasteiger partial charge in [-0.25, -0.2) is 8.42 Å². The average molecular weight is 415 g/mol. The maximum absolute atomic E-state index is 12.7. The van der Waals surface area contributed by atoms with Gasteiger partial charge in [0, 0.05) is 16.9 Å². The van der Waals surface area contributed by atoms with Crippen molar-refractivity contribution in [1.82, 2.24) is 0 Å². The smallest absolute Gasteiger partial charge is 0.263 e. The van der Waals surface area contributed by atoms with Crippen molar-refractivity contribution in [3.8, 4) is 0 Å². The van der Waals surface area contributed by atoms with Gasteiger partial charge in [-0.1, -0.05) is 41.9 Å². The molecule has 144 valence electrons. The highest BCUT2D eigenvalue weighted by Crippen LogP contribution is 2.26. The molecule has 1 amide bonds. The Morgan fingerprint density at radius 1 is 0.929 bits per heavy atom. The van der Waals surface area contributed by atoms with E-state index in [1.165, 1.54) is 18.2 Å². The first kappa shape index (κ1) is 19.9. The van der Waals surface area contributed by atoms with Crippen LogP contribution in [0.4, 0.5) is 11.4 Å². The van der Waals surface area contributed by atoms with Crippen LogP contribution in [0.1, 0.15) is 21.5 Å². The monoisotopic (exact) mass is 414 g/mol. The number of sulfonamides is 1. The molecule has 0 aliphatic rings. The summed E-state index contributed by atoms with van der Waals surface area (Å²) in [4.78, 5) is 12.5. The Hall–Kier alpha value is -2.83. The van der Waals surface area contributed by atoms with Crippen LogP contribution < -0.4 is 10.0 Å². The number of hydrogen-bond acceptors (Lipinski definition) is 3. The van der Waals surface area contributed by atoms with Gasteiger partial charge >= 0.3 is 0 Å². The topological polar surface area (TPSA) is 75.3 Å². The molecule has 2 N–H and O–H groups in total. The highest BCUT2D eigenvalue weighted by atomic mass is 35.5. The fraction of sp³-hybridized carbons (Fsp3) is 0.0952. The molecule has 0 heterocycles. The molecule has 7 heteroatoms. The Morgan fingerprint density at radius 3 is 2.36 bits per heavy atom. The number of rotatable bonds is 5. The van der Waals surface area contributed by atoms with Crippen molar-refractivity contribution >= 4 is 38.9 Å². The predicted octanol–water partition coefficient (Wildman–Crippen LogP) is 5.01. The van der Waals surface area contributed by atoms with E-state index in [-0.39, 0.29) is 15.5 Å². The van der Waals surface area contributed by atoms with E-state index in [1.807, 2.05) is 32.0 Å². The second-order valence-electron chi connectivity index (χ2n) is 6.39. The van der Waals surface area contributed by atoms with Crippen LogP contribution in [0.5, 0.6) is 0 Å². The average Bonchev–Trinajstić information content (AvgIpc) is 2.65. The number of amides is 1. The third kappa shape index (κ3) is 4.52. The standard InChI is InChI=1S/C21H19ClN2O3S/c1-14-8-9-15(2)19(12-14)23-21(25)16-10-11-18(22)20(13-16)28(26,27)24-17-6-4-3-5-7-17/h3-13,24H,1-2H3,(H,23,25). The van der Waals surface area contributed by atoms with Crippen molar-refractivity contribution in [1.29, 1.82) is 0 Å². The SMILES string of the molecule is Cc1ccc(C)c(NC(=O)c2ccc(Cl)c(S(=O)(=O)Nc3ccccc3)c2)c1. The number of para-hydroxylation sites is 1. The second-order valence-corrected chi connectivity index (χ2v) is 8.45. The molecule has 0 unspecified atom stereocenters. The number of carbonyl (C=O) groups excluding carboxylic acids is 1. The van der Waals surface area contributed by atoms with E-state index >= 15 is 0 Å². The fourth-order valence-electron chi connectivity index (χ4n) is 2.63. The number of carbonyl (C=O) groups is 1. The Bertz CT molecular complexity index is 1130. The quantitative estimate of drug-likeness (QED) is 0.616. The van der Waals surface area contributed by atoms with Gasteiger partial charge in [-0.3, -0.25) is 9.52 Å². The first-order valence-corrected chi connectivity index (χ1v) is 10.4. The molecule has 3 rings (SSSR count). The third-order valence-electron chi connectivity index (χ3n) is 4.15. The van der Waals surface area contributed by atoms with Crippen molar-refractivity contribution in [3.05, 3.63) is 88.4 Å². The maximum Gasteiger partial charge on any atom is 0.263 e. The lowest BCUT2D eigenvalue weighted by Crippen LogP contribution is -2.17. The first-order valence-electron chi connectivity index (χ1n) is 8.52. The summed E-state index contributed by atoms with van der Waals surface area (Å²) in [5.41, 5.74) is 3.19. The molecule has 3 aromatic carbocycles. The Labute approximate surface area is 169 Å². The van der Waals surface area contributed by atoms with Crippen LogP contribution in [0.3, 0.4) is 0 Å². The summed E-state index contributed by atoms with van der Waals surface area (Å²) in [5, 5.41) is 2.85. The molecule has 3 aromatic rings. The van der Waals surface area contributed by atoms with Gasteiger partial charge in [0.25, 0.3) is 15.9 Å². The highest BCUT2D eigenvalue weighted by Gasteiger charge is 2.20. The first-order chi connectivity index (χ1) is 13.3. The molecule has 5 nitrogen and oxygen atoms in total. The van der Waals surface area contributed by atoms with Crippen molar-refractivity contribution < 1.29 is 13.2 Å². The van der Waals surface area contributed by atoms with Crippen molar-refractivity contribution in [2.24, 2.45) is 0 Å². The number of anilines is 2. The van der Waals surface area contributed by atoms with Crippen LogP contribution in [-0.4, -0.2) is 14.3 Å². The molecule has 0 saturated heterocycles. The van der Waals surface area contributed by atoms with Crippen LogP contribution >= 0.6 is 11.6 Å². The summed E-state index contributed by atoms with van der Waals surface area (Å²) in [6.07, 6.45) is 0. The molecule has 0 spiro atoms. The molecule has 0 radical (unpaired) electrons. The predicted molar refractivity (Wildman–Crippen MR) is 113 cm³/mol. The zero-order chi connectivity index (χ0) is 20.3. The number of nitrogens with one attached hydrogen (secondary N) is 2. The molecular formula is C21H19ClN2O3S. The number of aryl methyl sites for hydroxylation is 2. The van der Waals surface area contributed by atoms with E-state index in [0.717, 1.165) is 11.1 Å². The lowest BCUT2D eigenvalue weighted by atomic mass is 10.1. The summed E-state index contributed by atoms with van der Waals surface area (Å²) in [7, 11) is -3.95. The van der Waals surface area contributed by atoms with Gasteiger partial charge in [-0.15, -0.1) is 0 Å². The molecular weight excluding hydrogens is 396 g/mol. The molecule has 28 heavy (non-hydrogen) atoms. The minimum absolute atomic E-state index is 0.0340. The Kier molecular flexibility index (Phi) is 5.72. The van der Waals surface area contributed by atoms with Crippen LogP contribution in [-0.2, 0) is 10.0 Å². The van der Waals surface area contributed by atoms with Gasteiger partial charge in [-0.2, -0.15) is 0 Å². The van der Waals surface area contributed by atoms with Crippen LogP contribution in [0.25, 0.3) is 0 Å². The maximum atomic E-state index is 12.7. The molecule has 0 fully saturated rings. The van der Waals surface area contributed by atoms with Gasteiger partial charge in [0.1, 0.15) is 4.90 Å². The minimum Gasteiger partial charge on any atom is -0.322 e. The van der Waals surface area contributed by atoms with E-state index in [4.69, 9.17) is 11.6 Å². The summed E-state index contributed by atoms with van der Waals surface area (Å²) in [6, 6.07) is 18.4. The Balaban J connectivity index is 1.90. The minimum atomic E-state index is -3.95.